The molecule has 0 N–H and O–H groups in total. The first-order chi connectivity index (χ1) is 9.31. The molecule has 108 valence electrons. The van der Waals surface area contributed by atoms with Gasteiger partial charge in [-0.2, -0.15) is 5.06 Å². The third-order valence-corrected chi connectivity index (χ3v) is 4.13. The highest BCUT2D eigenvalue weighted by Gasteiger charge is 2.31. The van der Waals surface area contributed by atoms with Gasteiger partial charge in [-0.25, -0.2) is 0 Å². The number of hydrogen-bond donors (Lipinski definition) is 1. The molecule has 0 bridgehead atoms. The van der Waals surface area contributed by atoms with Crippen LogP contribution in [-0.4, -0.2) is 62.5 Å². The first-order valence-electron chi connectivity index (χ1n) is 6.75. The molecular formula is C13H22N2O2S2. The molecule has 1 aliphatic heterocycles. The van der Waals surface area contributed by atoms with Crippen molar-refractivity contribution in [2.75, 3.05) is 46.4 Å². The van der Waals surface area contributed by atoms with Crippen LogP contribution in [0.25, 0.3) is 0 Å². The molecule has 6 heteroatoms. The van der Waals surface area contributed by atoms with Gasteiger partial charge in [0.15, 0.2) is 0 Å². The first kappa shape index (κ1) is 15.5. The number of rotatable bonds is 5. The molecule has 0 radical (unpaired) electrons. The van der Waals surface area contributed by atoms with E-state index in [1.165, 1.54) is 10.8 Å². The summed E-state index contributed by atoms with van der Waals surface area (Å²) in [5, 5.41) is 5.06. The second-order valence-electron chi connectivity index (χ2n) is 5.00. The van der Waals surface area contributed by atoms with Crippen LogP contribution in [0.15, 0.2) is 0 Å². The Morgan fingerprint density at radius 1 is 1.26 bits per heavy atom. The van der Waals surface area contributed by atoms with Crippen LogP contribution in [0.5, 0.6) is 0 Å². The van der Waals surface area contributed by atoms with Crippen LogP contribution in [0.1, 0.15) is 12.8 Å². The van der Waals surface area contributed by atoms with Crippen molar-refractivity contribution in [1.82, 2.24) is 9.96 Å². The topological polar surface area (TPSA) is 24.9 Å². The fourth-order valence-corrected chi connectivity index (χ4v) is 2.75. The molecule has 1 aliphatic carbocycles. The number of piperazine rings is 1. The third-order valence-electron chi connectivity index (χ3n) is 3.64. The lowest BCUT2D eigenvalue weighted by atomic mass is 9.83. The van der Waals surface area contributed by atoms with Crippen LogP contribution in [0.4, 0.5) is 0 Å². The maximum atomic E-state index is 5.97. The van der Waals surface area contributed by atoms with Crippen molar-refractivity contribution in [2.24, 2.45) is 5.92 Å². The lowest BCUT2D eigenvalue weighted by Crippen LogP contribution is -2.49. The molecule has 0 aromatic carbocycles. The van der Waals surface area contributed by atoms with Crippen molar-refractivity contribution in [2.45, 2.75) is 18.9 Å². The Hall–Kier alpha value is 0.100. The molecule has 4 nitrogen and oxygen atoms in total. The molecule has 1 saturated carbocycles. The van der Waals surface area contributed by atoms with Crippen LogP contribution in [0, 0.1) is 17.1 Å². The van der Waals surface area contributed by atoms with E-state index >= 15 is 0 Å². The van der Waals surface area contributed by atoms with Gasteiger partial charge < -0.3 is 4.74 Å². The van der Waals surface area contributed by atoms with E-state index in [4.69, 9.17) is 9.57 Å². The van der Waals surface area contributed by atoms with Crippen molar-refractivity contribution in [1.29, 1.82) is 0 Å². The Morgan fingerprint density at radius 3 is 2.63 bits per heavy atom. The average molecular weight is 302 g/mol. The van der Waals surface area contributed by atoms with Gasteiger partial charge in [0.2, 0.25) is 0 Å². The molecule has 2 rings (SSSR count). The first-order valence-corrected chi connectivity index (χ1v) is 8.62. The zero-order chi connectivity index (χ0) is 13.5. The predicted molar refractivity (Wildman–Crippen MR) is 81.8 cm³/mol. The Morgan fingerprint density at radius 2 is 2.00 bits per heavy atom. The molecule has 0 aromatic heterocycles. The summed E-state index contributed by atoms with van der Waals surface area (Å²) in [6.07, 6.45) is 2.49. The van der Waals surface area contributed by atoms with Gasteiger partial charge in [0.25, 0.3) is 0 Å². The van der Waals surface area contributed by atoms with E-state index in [1.807, 2.05) is 0 Å². The molecule has 0 spiro atoms. The number of hydroxylamine groups is 2. The van der Waals surface area contributed by atoms with Crippen molar-refractivity contribution >= 4 is 22.5 Å². The van der Waals surface area contributed by atoms with Gasteiger partial charge in [-0.3, -0.25) is 9.74 Å². The predicted octanol–water partition coefficient (Wildman–Crippen LogP) is 1.50. The van der Waals surface area contributed by atoms with Gasteiger partial charge in [0, 0.05) is 45.8 Å². The van der Waals surface area contributed by atoms with Gasteiger partial charge in [-0.15, -0.1) is 0 Å². The van der Waals surface area contributed by atoms with E-state index in [0.29, 0.717) is 12.0 Å². The SMILES string of the molecule is COCCN1CCN(O[C@H]2C[C@H](C#CSS)C2)CC1. The van der Waals surface area contributed by atoms with E-state index in [1.54, 1.807) is 7.11 Å². The average Bonchev–Trinajstić information content (AvgIpc) is 2.40. The summed E-state index contributed by atoms with van der Waals surface area (Å²) >= 11 is 4.01. The van der Waals surface area contributed by atoms with Gasteiger partial charge in [-0.05, 0) is 28.9 Å². The van der Waals surface area contributed by atoms with E-state index in [0.717, 1.165) is 52.2 Å². The van der Waals surface area contributed by atoms with Gasteiger partial charge in [0.1, 0.15) is 0 Å². The zero-order valence-electron chi connectivity index (χ0n) is 11.4. The van der Waals surface area contributed by atoms with Crippen molar-refractivity contribution in [3.63, 3.8) is 0 Å². The number of thiol groups is 1. The number of hydrogen-bond acceptors (Lipinski definition) is 6. The maximum Gasteiger partial charge on any atom is 0.0816 e. The molecule has 1 heterocycles. The molecule has 1 saturated heterocycles. The summed E-state index contributed by atoms with van der Waals surface area (Å²) in [7, 11) is 3.04. The molecule has 2 fully saturated rings. The highest BCUT2D eigenvalue weighted by atomic mass is 33.1. The Bertz CT molecular complexity index is 318. The molecule has 0 unspecified atom stereocenters. The van der Waals surface area contributed by atoms with Gasteiger partial charge in [0.05, 0.1) is 12.7 Å². The summed E-state index contributed by atoms with van der Waals surface area (Å²) in [5.74, 6) is 3.69. The summed E-state index contributed by atoms with van der Waals surface area (Å²) in [5.41, 5.74) is 0. The standard InChI is InChI=1S/C13H22N2O2S2/c1-16-8-7-14-3-5-15(6-4-14)17-13-10-12(11-13)2-9-19-18/h12-13,18H,3-8,10-11H2,1H3/t12-,13-. The second-order valence-corrected chi connectivity index (χ2v) is 5.93. The quantitative estimate of drug-likeness (QED) is 0.471. The summed E-state index contributed by atoms with van der Waals surface area (Å²) in [6.45, 7) is 5.94. The number of ether oxygens (including phenoxy) is 1. The minimum atomic E-state index is 0.370. The van der Waals surface area contributed by atoms with E-state index in [2.05, 4.69) is 32.8 Å². The van der Waals surface area contributed by atoms with E-state index in [-0.39, 0.29) is 0 Å². The molecule has 0 atom stereocenters. The van der Waals surface area contributed by atoms with E-state index in [9.17, 15) is 0 Å². The van der Waals surface area contributed by atoms with E-state index < -0.39 is 0 Å². The highest BCUT2D eigenvalue weighted by molar-refractivity contribution is 8.70. The van der Waals surface area contributed by atoms with Crippen molar-refractivity contribution in [3.05, 3.63) is 0 Å². The normalized spacial score (nSPS) is 28.5. The second kappa shape index (κ2) is 8.40. The largest absolute Gasteiger partial charge is 0.383 e. The third kappa shape index (κ3) is 5.18. The lowest BCUT2D eigenvalue weighted by molar-refractivity contribution is -0.234. The molecular weight excluding hydrogens is 280 g/mol. The Labute approximate surface area is 124 Å². The van der Waals surface area contributed by atoms with Crippen LogP contribution in [-0.2, 0) is 9.57 Å². The monoisotopic (exact) mass is 302 g/mol. The fraction of sp³-hybridized carbons (Fsp3) is 0.846. The van der Waals surface area contributed by atoms with Crippen molar-refractivity contribution < 1.29 is 9.57 Å². The summed E-state index contributed by atoms with van der Waals surface area (Å²) in [6, 6.07) is 0. The van der Waals surface area contributed by atoms with Crippen LogP contribution in [0.2, 0.25) is 0 Å². The minimum absolute atomic E-state index is 0.370. The van der Waals surface area contributed by atoms with Crippen LogP contribution >= 0.6 is 22.5 Å². The molecule has 0 aromatic rings. The molecule has 0 amide bonds. The molecule has 19 heavy (non-hydrogen) atoms. The summed E-state index contributed by atoms with van der Waals surface area (Å²) < 4.78 is 5.10. The van der Waals surface area contributed by atoms with Crippen molar-refractivity contribution in [3.8, 4) is 11.2 Å². The lowest BCUT2D eigenvalue weighted by Gasteiger charge is -2.39. The Kier molecular flexibility index (Phi) is 6.85. The summed E-state index contributed by atoms with van der Waals surface area (Å²) in [4.78, 5) is 8.39. The fourth-order valence-electron chi connectivity index (χ4n) is 2.37. The molecule has 2 aliphatic rings. The van der Waals surface area contributed by atoms with Crippen LogP contribution in [0.3, 0.4) is 0 Å². The minimum Gasteiger partial charge on any atom is -0.383 e. The zero-order valence-corrected chi connectivity index (χ0v) is 13.1. The number of nitrogens with zero attached hydrogens (tertiary/aromatic N) is 2. The Balaban J connectivity index is 1.57. The van der Waals surface area contributed by atoms with Gasteiger partial charge in [-0.1, -0.05) is 17.6 Å². The highest BCUT2D eigenvalue weighted by Crippen LogP contribution is 2.30. The number of methoxy groups -OCH3 is 1. The van der Waals surface area contributed by atoms with Gasteiger partial charge >= 0.3 is 0 Å². The van der Waals surface area contributed by atoms with Crippen LogP contribution < -0.4 is 0 Å². The maximum absolute atomic E-state index is 5.97. The smallest absolute Gasteiger partial charge is 0.0816 e.